The highest BCUT2D eigenvalue weighted by Gasteiger charge is 2.07. The molecule has 0 saturated carbocycles. The number of ketones is 1. The van der Waals surface area contributed by atoms with Crippen LogP contribution in [0.15, 0.2) is 48.5 Å². The van der Waals surface area contributed by atoms with Crippen LogP contribution in [0, 0.1) is 0 Å². The second-order valence-electron chi connectivity index (χ2n) is 8.12. The fraction of sp³-hybridized carbons (Fsp3) is 0.481. The predicted molar refractivity (Wildman–Crippen MR) is 128 cm³/mol. The first-order valence-electron chi connectivity index (χ1n) is 11.9. The molecule has 0 spiro atoms. The zero-order chi connectivity index (χ0) is 23.7. The zero-order valence-electron chi connectivity index (χ0n) is 19.6. The Balaban J connectivity index is 1.55. The summed E-state index contributed by atoms with van der Waals surface area (Å²) in [7, 11) is 0. The summed E-state index contributed by atoms with van der Waals surface area (Å²) < 4.78 is 16.6. The summed E-state index contributed by atoms with van der Waals surface area (Å²) in [5, 5.41) is 8.98. The average Bonchev–Trinajstić information content (AvgIpc) is 2.83. The Morgan fingerprint density at radius 3 is 2.18 bits per heavy atom. The van der Waals surface area contributed by atoms with Gasteiger partial charge in [-0.1, -0.05) is 70.1 Å². The molecule has 0 unspecified atom stereocenters. The third-order valence-electron chi connectivity index (χ3n) is 5.20. The number of benzene rings is 2. The lowest BCUT2D eigenvalue weighted by atomic mass is 10.1. The summed E-state index contributed by atoms with van der Waals surface area (Å²) in [6, 6.07) is 13.7. The lowest BCUT2D eigenvalue weighted by molar-refractivity contribution is -0.126. The van der Waals surface area contributed by atoms with E-state index in [0.717, 1.165) is 24.3 Å². The second-order valence-corrected chi connectivity index (χ2v) is 8.12. The smallest absolute Gasteiger partial charge is 0.335 e. The van der Waals surface area contributed by atoms with Crippen LogP contribution in [-0.2, 0) is 16.1 Å². The van der Waals surface area contributed by atoms with Gasteiger partial charge in [0.25, 0.3) is 0 Å². The standard InChI is InChI=1S/C27H36O6/c1-2-3-4-5-6-7-8-9-17-32-25-15-13-22(14-16-25)19-31-20-24(28)21-33-26-12-10-11-23(18-26)27(29)30/h10-16,18H,2-9,17,19-21H2,1H3,(H,29,30). The van der Waals surface area contributed by atoms with Gasteiger partial charge in [-0.2, -0.15) is 0 Å². The van der Waals surface area contributed by atoms with Crippen molar-refractivity contribution in [2.24, 2.45) is 0 Å². The van der Waals surface area contributed by atoms with Gasteiger partial charge >= 0.3 is 5.97 Å². The molecule has 2 aromatic rings. The lowest BCUT2D eigenvalue weighted by Crippen LogP contribution is -2.17. The molecule has 0 aliphatic carbocycles. The van der Waals surface area contributed by atoms with Crippen LogP contribution in [0.4, 0.5) is 0 Å². The monoisotopic (exact) mass is 456 g/mol. The maximum atomic E-state index is 12.0. The Bertz CT molecular complexity index is 831. The fourth-order valence-electron chi connectivity index (χ4n) is 3.31. The van der Waals surface area contributed by atoms with Gasteiger partial charge in [0, 0.05) is 0 Å². The molecule has 0 radical (unpaired) electrons. The number of rotatable bonds is 18. The number of Topliss-reactive ketones (excluding diaryl/α,β-unsaturated/α-hetero) is 1. The van der Waals surface area contributed by atoms with Gasteiger partial charge in [-0.25, -0.2) is 4.79 Å². The van der Waals surface area contributed by atoms with Crippen molar-refractivity contribution in [1.29, 1.82) is 0 Å². The summed E-state index contributed by atoms with van der Waals surface area (Å²) in [5.74, 6) is -0.0821. The van der Waals surface area contributed by atoms with Gasteiger partial charge in [-0.05, 0) is 42.3 Å². The summed E-state index contributed by atoms with van der Waals surface area (Å²) in [5.41, 5.74) is 1.07. The van der Waals surface area contributed by atoms with Crippen molar-refractivity contribution in [3.63, 3.8) is 0 Å². The van der Waals surface area contributed by atoms with Crippen molar-refractivity contribution >= 4 is 11.8 Å². The van der Waals surface area contributed by atoms with E-state index in [1.54, 1.807) is 12.1 Å². The first-order valence-corrected chi connectivity index (χ1v) is 11.9. The van der Waals surface area contributed by atoms with Crippen LogP contribution in [0.25, 0.3) is 0 Å². The first kappa shape index (κ1) is 26.4. The molecule has 0 aliphatic heterocycles. The maximum Gasteiger partial charge on any atom is 0.335 e. The van der Waals surface area contributed by atoms with Crippen LogP contribution >= 0.6 is 0 Å². The summed E-state index contributed by atoms with van der Waals surface area (Å²) in [4.78, 5) is 22.9. The van der Waals surface area contributed by atoms with Crippen LogP contribution in [0.5, 0.6) is 11.5 Å². The highest BCUT2D eigenvalue weighted by molar-refractivity contribution is 5.88. The number of carbonyl (C=O) groups is 2. The van der Waals surface area contributed by atoms with Crippen molar-refractivity contribution < 1.29 is 28.9 Å². The molecule has 0 saturated heterocycles. The van der Waals surface area contributed by atoms with Crippen LogP contribution in [0.3, 0.4) is 0 Å². The molecule has 2 aromatic carbocycles. The number of unbranched alkanes of at least 4 members (excludes halogenated alkanes) is 7. The molecule has 180 valence electrons. The molecule has 6 nitrogen and oxygen atoms in total. The van der Waals surface area contributed by atoms with E-state index in [4.69, 9.17) is 19.3 Å². The molecular weight excluding hydrogens is 420 g/mol. The number of hydrogen-bond donors (Lipinski definition) is 1. The van der Waals surface area contributed by atoms with Gasteiger partial charge in [0.15, 0.2) is 5.78 Å². The van der Waals surface area contributed by atoms with Crippen LogP contribution in [-0.4, -0.2) is 36.7 Å². The SMILES string of the molecule is CCCCCCCCCCOc1ccc(COCC(=O)COc2cccc(C(=O)O)c2)cc1. The predicted octanol–water partition coefficient (Wildman–Crippen LogP) is 6.07. The van der Waals surface area contributed by atoms with Gasteiger partial charge in [0.2, 0.25) is 0 Å². The molecule has 1 N–H and O–H groups in total. The molecule has 0 heterocycles. The van der Waals surface area contributed by atoms with E-state index in [9.17, 15) is 9.59 Å². The minimum Gasteiger partial charge on any atom is -0.494 e. The van der Waals surface area contributed by atoms with E-state index >= 15 is 0 Å². The number of aromatic carboxylic acids is 1. The number of hydrogen-bond acceptors (Lipinski definition) is 5. The van der Waals surface area contributed by atoms with E-state index in [2.05, 4.69) is 6.92 Å². The third kappa shape index (κ3) is 11.5. The number of ether oxygens (including phenoxy) is 3. The minimum atomic E-state index is -1.04. The molecule has 2 rings (SSSR count). The van der Waals surface area contributed by atoms with Crippen molar-refractivity contribution in [3.8, 4) is 11.5 Å². The largest absolute Gasteiger partial charge is 0.494 e. The van der Waals surface area contributed by atoms with Crippen LogP contribution in [0.1, 0.15) is 74.2 Å². The molecular formula is C27H36O6. The minimum absolute atomic E-state index is 0.0741. The second kappa shape index (κ2) is 15.9. The topological polar surface area (TPSA) is 82.1 Å². The van der Waals surface area contributed by atoms with Gasteiger partial charge < -0.3 is 19.3 Å². The molecule has 0 fully saturated rings. The Morgan fingerprint density at radius 1 is 0.788 bits per heavy atom. The average molecular weight is 457 g/mol. The molecule has 0 amide bonds. The van der Waals surface area contributed by atoms with E-state index < -0.39 is 5.97 Å². The van der Waals surface area contributed by atoms with E-state index in [1.807, 2.05) is 24.3 Å². The Hall–Kier alpha value is -2.86. The van der Waals surface area contributed by atoms with Crippen molar-refractivity contribution in [2.75, 3.05) is 19.8 Å². The number of carbonyl (C=O) groups excluding carboxylic acids is 1. The Labute approximate surface area is 196 Å². The highest BCUT2D eigenvalue weighted by atomic mass is 16.5. The van der Waals surface area contributed by atoms with Crippen molar-refractivity contribution in [3.05, 3.63) is 59.7 Å². The quantitative estimate of drug-likeness (QED) is 0.274. The van der Waals surface area contributed by atoms with E-state index in [0.29, 0.717) is 12.4 Å². The Morgan fingerprint density at radius 2 is 1.48 bits per heavy atom. The maximum absolute atomic E-state index is 12.0. The van der Waals surface area contributed by atoms with E-state index in [-0.39, 0.29) is 24.6 Å². The summed E-state index contributed by atoms with van der Waals surface area (Å²) in [6.45, 7) is 3.04. The van der Waals surface area contributed by atoms with Gasteiger partial charge in [0.05, 0.1) is 18.8 Å². The van der Waals surface area contributed by atoms with Gasteiger partial charge in [-0.3, -0.25) is 4.79 Å². The van der Waals surface area contributed by atoms with E-state index in [1.165, 1.54) is 57.1 Å². The molecule has 0 aliphatic rings. The third-order valence-corrected chi connectivity index (χ3v) is 5.20. The molecule has 0 bridgehead atoms. The Kier molecular flexibility index (Phi) is 12.7. The van der Waals surface area contributed by atoms with Crippen molar-refractivity contribution in [1.82, 2.24) is 0 Å². The molecule has 0 atom stereocenters. The fourth-order valence-corrected chi connectivity index (χ4v) is 3.31. The molecule has 33 heavy (non-hydrogen) atoms. The lowest BCUT2D eigenvalue weighted by Gasteiger charge is -2.09. The zero-order valence-corrected chi connectivity index (χ0v) is 19.6. The van der Waals surface area contributed by atoms with Gasteiger partial charge in [-0.15, -0.1) is 0 Å². The normalized spacial score (nSPS) is 10.7. The van der Waals surface area contributed by atoms with Crippen molar-refractivity contribution in [2.45, 2.75) is 64.9 Å². The number of carboxylic acids is 1. The highest BCUT2D eigenvalue weighted by Crippen LogP contribution is 2.15. The molecule has 6 heteroatoms. The summed E-state index contributed by atoms with van der Waals surface area (Å²) >= 11 is 0. The number of carboxylic acid groups (broad SMARTS) is 1. The first-order chi connectivity index (χ1) is 16.1. The van der Waals surface area contributed by atoms with Crippen LogP contribution < -0.4 is 9.47 Å². The van der Waals surface area contributed by atoms with Gasteiger partial charge in [0.1, 0.15) is 24.7 Å². The van der Waals surface area contributed by atoms with Crippen LogP contribution in [0.2, 0.25) is 0 Å². The summed E-state index contributed by atoms with van der Waals surface area (Å²) in [6.07, 6.45) is 10.2. The molecule has 0 aromatic heterocycles.